The molecule has 0 bridgehead atoms. The van der Waals surface area contributed by atoms with Crippen LogP contribution < -0.4 is 0 Å². The van der Waals surface area contributed by atoms with Crippen molar-refractivity contribution in [1.82, 2.24) is 0 Å². The Morgan fingerprint density at radius 2 is 1.54 bits per heavy atom. The zero-order valence-electron chi connectivity index (χ0n) is 19.0. The molecule has 0 saturated heterocycles. The van der Waals surface area contributed by atoms with Gasteiger partial charge in [-0.2, -0.15) is 0 Å². The van der Waals surface area contributed by atoms with Gasteiger partial charge in [-0.25, -0.2) is 0 Å². The van der Waals surface area contributed by atoms with E-state index >= 15 is 0 Å². The molecule has 0 amide bonds. The first-order valence-electron chi connectivity index (χ1n) is 11.0. The highest BCUT2D eigenvalue weighted by Crippen LogP contribution is 2.51. The fourth-order valence-electron chi connectivity index (χ4n) is 6.06. The molecule has 0 aromatic heterocycles. The van der Waals surface area contributed by atoms with Gasteiger partial charge in [0.1, 0.15) is 0 Å². The molecule has 0 nitrogen and oxygen atoms in total. The van der Waals surface area contributed by atoms with Crippen molar-refractivity contribution in [3.63, 3.8) is 0 Å². The standard InChI is InChI=1S/C28H36/c1-16(2)23-11-25-13-24(14-26(25)12-23)22-9-10-28(8,15-22)27-20(6)18(4)17(3)19(5)21(27)7/h9,13,23H,1,10-12,14-15H2,2-8H3. The topological polar surface area (TPSA) is 0 Å². The third-order valence-corrected chi connectivity index (χ3v) is 8.26. The zero-order valence-corrected chi connectivity index (χ0v) is 19.0. The van der Waals surface area contributed by atoms with Crippen LogP contribution in [0.2, 0.25) is 0 Å². The van der Waals surface area contributed by atoms with Gasteiger partial charge in [0.15, 0.2) is 0 Å². The summed E-state index contributed by atoms with van der Waals surface area (Å²) in [6, 6.07) is 0. The van der Waals surface area contributed by atoms with Crippen LogP contribution in [0.3, 0.4) is 0 Å². The number of allylic oxidation sites excluding steroid dienone is 7. The molecule has 0 N–H and O–H groups in total. The Morgan fingerprint density at radius 1 is 0.929 bits per heavy atom. The fraction of sp³-hybridized carbons (Fsp3) is 0.500. The quantitative estimate of drug-likeness (QED) is 0.474. The van der Waals surface area contributed by atoms with Gasteiger partial charge in [0.05, 0.1) is 0 Å². The number of hydrogen-bond donors (Lipinski definition) is 0. The second-order valence-electron chi connectivity index (χ2n) is 10.1. The number of hydrogen-bond acceptors (Lipinski definition) is 0. The summed E-state index contributed by atoms with van der Waals surface area (Å²) in [6.45, 7) is 20.5. The van der Waals surface area contributed by atoms with Gasteiger partial charge < -0.3 is 0 Å². The largest absolute Gasteiger partial charge is 0.0998 e. The molecule has 28 heavy (non-hydrogen) atoms. The third kappa shape index (κ3) is 2.88. The molecule has 0 heteroatoms. The zero-order chi connectivity index (χ0) is 20.4. The van der Waals surface area contributed by atoms with Crippen LogP contribution >= 0.6 is 0 Å². The second kappa shape index (κ2) is 6.61. The summed E-state index contributed by atoms with van der Waals surface area (Å²) in [7, 11) is 0. The predicted molar refractivity (Wildman–Crippen MR) is 122 cm³/mol. The Morgan fingerprint density at radius 3 is 2.11 bits per heavy atom. The van der Waals surface area contributed by atoms with E-state index in [4.69, 9.17) is 0 Å². The minimum absolute atomic E-state index is 0.237. The molecule has 0 aliphatic heterocycles. The van der Waals surface area contributed by atoms with E-state index in [2.05, 4.69) is 67.2 Å². The molecule has 0 heterocycles. The molecule has 0 saturated carbocycles. The summed E-state index contributed by atoms with van der Waals surface area (Å²) in [6.07, 6.45) is 11.1. The van der Waals surface area contributed by atoms with Crippen LogP contribution in [-0.4, -0.2) is 0 Å². The molecule has 0 fully saturated rings. The maximum absolute atomic E-state index is 4.19. The monoisotopic (exact) mass is 372 g/mol. The first-order valence-corrected chi connectivity index (χ1v) is 11.0. The van der Waals surface area contributed by atoms with Crippen molar-refractivity contribution in [3.05, 3.63) is 80.0 Å². The average molecular weight is 373 g/mol. The van der Waals surface area contributed by atoms with Crippen molar-refractivity contribution >= 4 is 0 Å². The molecular formula is C28H36. The van der Waals surface area contributed by atoms with E-state index in [1.807, 2.05) is 0 Å². The molecule has 2 atom stereocenters. The van der Waals surface area contributed by atoms with Crippen molar-refractivity contribution in [3.8, 4) is 0 Å². The van der Waals surface area contributed by atoms with Crippen molar-refractivity contribution in [2.75, 3.05) is 0 Å². The molecule has 2 unspecified atom stereocenters. The van der Waals surface area contributed by atoms with Crippen molar-refractivity contribution in [2.45, 2.75) is 86.0 Å². The molecule has 1 aromatic rings. The summed E-state index contributed by atoms with van der Waals surface area (Å²) >= 11 is 0. The molecule has 0 spiro atoms. The lowest BCUT2D eigenvalue weighted by Crippen LogP contribution is -2.23. The third-order valence-electron chi connectivity index (χ3n) is 8.26. The van der Waals surface area contributed by atoms with Gasteiger partial charge in [0.25, 0.3) is 0 Å². The maximum atomic E-state index is 4.19. The first kappa shape index (κ1) is 19.5. The van der Waals surface area contributed by atoms with Gasteiger partial charge in [-0.1, -0.05) is 36.8 Å². The van der Waals surface area contributed by atoms with Gasteiger partial charge in [-0.3, -0.25) is 0 Å². The maximum Gasteiger partial charge on any atom is 0.000513 e. The highest BCUT2D eigenvalue weighted by molar-refractivity contribution is 5.57. The second-order valence-corrected chi connectivity index (χ2v) is 10.1. The predicted octanol–water partition coefficient (Wildman–Crippen LogP) is 7.82. The van der Waals surface area contributed by atoms with E-state index < -0.39 is 0 Å². The van der Waals surface area contributed by atoms with Crippen LogP contribution in [-0.2, 0) is 5.41 Å². The minimum atomic E-state index is 0.237. The molecular weight excluding hydrogens is 336 g/mol. The van der Waals surface area contributed by atoms with E-state index in [1.165, 1.54) is 65.5 Å². The Bertz CT molecular complexity index is 947. The lowest BCUT2D eigenvalue weighted by Gasteiger charge is -2.32. The lowest BCUT2D eigenvalue weighted by molar-refractivity contribution is 0.498. The van der Waals surface area contributed by atoms with E-state index in [0.29, 0.717) is 5.92 Å². The molecule has 1 aromatic carbocycles. The lowest BCUT2D eigenvalue weighted by atomic mass is 9.72. The Labute approximate surface area is 172 Å². The normalized spacial score (nSPS) is 26.6. The molecule has 3 aliphatic rings. The summed E-state index contributed by atoms with van der Waals surface area (Å²) < 4.78 is 0. The number of benzene rings is 1. The van der Waals surface area contributed by atoms with Crippen LogP contribution in [0.5, 0.6) is 0 Å². The highest BCUT2D eigenvalue weighted by Gasteiger charge is 2.37. The van der Waals surface area contributed by atoms with Crippen molar-refractivity contribution in [2.24, 2.45) is 5.92 Å². The van der Waals surface area contributed by atoms with Crippen LogP contribution in [0.25, 0.3) is 0 Å². The Balaban J connectivity index is 1.59. The van der Waals surface area contributed by atoms with Crippen LogP contribution in [0.1, 0.15) is 79.3 Å². The van der Waals surface area contributed by atoms with E-state index in [1.54, 1.807) is 27.9 Å². The Kier molecular flexibility index (Phi) is 4.60. The Hall–Kier alpha value is -1.82. The van der Waals surface area contributed by atoms with Crippen LogP contribution in [0.4, 0.5) is 0 Å². The molecule has 4 rings (SSSR count). The molecule has 3 aliphatic carbocycles. The van der Waals surface area contributed by atoms with E-state index in [-0.39, 0.29) is 5.41 Å². The molecule has 148 valence electrons. The van der Waals surface area contributed by atoms with Crippen molar-refractivity contribution in [1.29, 1.82) is 0 Å². The summed E-state index contributed by atoms with van der Waals surface area (Å²) in [5, 5.41) is 0. The van der Waals surface area contributed by atoms with Crippen molar-refractivity contribution < 1.29 is 0 Å². The van der Waals surface area contributed by atoms with Gasteiger partial charge in [0.2, 0.25) is 0 Å². The summed E-state index contributed by atoms with van der Waals surface area (Å²) in [4.78, 5) is 0. The van der Waals surface area contributed by atoms with Crippen LogP contribution in [0.15, 0.2) is 46.6 Å². The number of rotatable bonds is 3. The van der Waals surface area contributed by atoms with Gasteiger partial charge >= 0.3 is 0 Å². The highest BCUT2D eigenvalue weighted by atomic mass is 14.4. The smallest absolute Gasteiger partial charge is 0.000513 e. The van der Waals surface area contributed by atoms with Gasteiger partial charge in [0, 0.05) is 5.41 Å². The van der Waals surface area contributed by atoms with Gasteiger partial charge in [-0.05, 0) is 130 Å². The van der Waals surface area contributed by atoms with Gasteiger partial charge in [-0.15, -0.1) is 0 Å². The van der Waals surface area contributed by atoms with E-state index in [0.717, 1.165) is 0 Å². The SMILES string of the molecule is C=C(C)C1CC2=C(CC(C3=CCC(C)(c4c(C)c(C)c(C)c(C)c4C)C3)=C2)C1. The average Bonchev–Trinajstić information content (AvgIpc) is 3.31. The summed E-state index contributed by atoms with van der Waals surface area (Å²) in [5.74, 6) is 0.689. The minimum Gasteiger partial charge on any atom is -0.0998 e. The molecule has 0 radical (unpaired) electrons. The summed E-state index contributed by atoms with van der Waals surface area (Å²) in [5.41, 5.74) is 17.2. The fourth-order valence-corrected chi connectivity index (χ4v) is 6.06. The van der Waals surface area contributed by atoms with Crippen LogP contribution in [0, 0.1) is 40.5 Å². The first-order chi connectivity index (χ1) is 13.1. The van der Waals surface area contributed by atoms with E-state index in [9.17, 15) is 0 Å².